The number of nitrogens with one attached hydrogen (secondary N) is 2. The van der Waals surface area contributed by atoms with Crippen LogP contribution < -0.4 is 10.6 Å². The molecule has 0 saturated heterocycles. The zero-order valence-corrected chi connectivity index (χ0v) is 20.3. The molecule has 0 aromatic heterocycles. The van der Waals surface area contributed by atoms with Crippen molar-refractivity contribution in [3.8, 4) is 11.1 Å². The van der Waals surface area contributed by atoms with Gasteiger partial charge < -0.3 is 30.3 Å². The third-order valence-corrected chi connectivity index (χ3v) is 5.71. The lowest BCUT2D eigenvalue weighted by molar-refractivity contribution is -0.144. The molecule has 0 radical (unpaired) electrons. The predicted molar refractivity (Wildman–Crippen MR) is 129 cm³/mol. The van der Waals surface area contributed by atoms with E-state index in [9.17, 15) is 19.5 Å². The quantitative estimate of drug-likeness (QED) is 0.430. The number of alkyl carbamates (subject to hydrolysis) is 1. The molecule has 0 saturated carbocycles. The van der Waals surface area contributed by atoms with E-state index >= 15 is 0 Å². The molecule has 0 spiro atoms. The highest BCUT2D eigenvalue weighted by molar-refractivity contribution is 5.89. The van der Waals surface area contributed by atoms with E-state index in [-0.39, 0.29) is 12.5 Å². The first-order valence-electron chi connectivity index (χ1n) is 11.4. The van der Waals surface area contributed by atoms with Crippen LogP contribution in [0, 0.1) is 0 Å². The van der Waals surface area contributed by atoms with Gasteiger partial charge in [0.05, 0.1) is 18.3 Å². The van der Waals surface area contributed by atoms with E-state index in [1.807, 2.05) is 48.5 Å². The van der Waals surface area contributed by atoms with Gasteiger partial charge in [0.1, 0.15) is 18.7 Å². The fourth-order valence-corrected chi connectivity index (χ4v) is 4.24. The summed E-state index contributed by atoms with van der Waals surface area (Å²) >= 11 is 0. The maximum absolute atomic E-state index is 12.8. The van der Waals surface area contributed by atoms with Crippen molar-refractivity contribution in [2.45, 2.75) is 57.4 Å². The molecule has 1 aliphatic rings. The van der Waals surface area contributed by atoms with Crippen LogP contribution in [0.5, 0.6) is 0 Å². The third-order valence-electron chi connectivity index (χ3n) is 5.71. The van der Waals surface area contributed by atoms with Crippen molar-refractivity contribution >= 4 is 18.0 Å². The molecule has 2 aromatic rings. The summed E-state index contributed by atoms with van der Waals surface area (Å²) in [4.78, 5) is 36.8. The van der Waals surface area contributed by atoms with Crippen molar-refractivity contribution in [2.24, 2.45) is 0 Å². The molecule has 0 fully saturated rings. The maximum Gasteiger partial charge on any atom is 0.407 e. The fourth-order valence-electron chi connectivity index (χ4n) is 4.24. The number of amides is 2. The van der Waals surface area contributed by atoms with Gasteiger partial charge in [0.15, 0.2) is 0 Å². The average Bonchev–Trinajstić information content (AvgIpc) is 3.11. The van der Waals surface area contributed by atoms with Gasteiger partial charge in [-0.05, 0) is 49.9 Å². The Kier molecular flexibility index (Phi) is 8.14. The predicted octanol–water partition coefficient (Wildman–Crippen LogP) is 2.66. The Morgan fingerprint density at radius 1 is 0.971 bits per heavy atom. The van der Waals surface area contributed by atoms with Gasteiger partial charge in [-0.1, -0.05) is 48.5 Å². The second kappa shape index (κ2) is 10.9. The zero-order chi connectivity index (χ0) is 25.8. The van der Waals surface area contributed by atoms with E-state index in [1.54, 1.807) is 27.7 Å². The summed E-state index contributed by atoms with van der Waals surface area (Å²) in [5, 5.41) is 23.1. The lowest BCUT2D eigenvalue weighted by Gasteiger charge is -2.31. The SMILES string of the molecule is C[C@@H](OC(C)(C)C)[C@H](NC(=O)OCC1c2ccccc2-c2ccccc21)C(=O)N[C@@H](CO)C(=O)O. The number of fused-ring (bicyclic) bond motifs is 3. The van der Waals surface area contributed by atoms with E-state index in [2.05, 4.69) is 10.6 Å². The van der Waals surface area contributed by atoms with E-state index in [0.29, 0.717) is 0 Å². The van der Waals surface area contributed by atoms with Crippen LogP contribution in [-0.2, 0) is 19.1 Å². The van der Waals surface area contributed by atoms with E-state index < -0.39 is 48.4 Å². The smallest absolute Gasteiger partial charge is 0.407 e. The molecule has 35 heavy (non-hydrogen) atoms. The van der Waals surface area contributed by atoms with E-state index in [4.69, 9.17) is 14.6 Å². The number of ether oxygens (including phenoxy) is 2. The van der Waals surface area contributed by atoms with Crippen molar-refractivity contribution in [1.29, 1.82) is 0 Å². The highest BCUT2D eigenvalue weighted by Crippen LogP contribution is 2.44. The number of hydrogen-bond donors (Lipinski definition) is 4. The minimum absolute atomic E-state index is 0.0527. The number of carboxylic acid groups (broad SMARTS) is 1. The Morgan fingerprint density at radius 3 is 2.00 bits per heavy atom. The molecular weight excluding hydrogens is 452 g/mol. The second-order valence-electron chi connectivity index (χ2n) is 9.46. The average molecular weight is 485 g/mol. The highest BCUT2D eigenvalue weighted by atomic mass is 16.6. The molecule has 3 rings (SSSR count). The van der Waals surface area contributed by atoms with Crippen molar-refractivity contribution in [3.63, 3.8) is 0 Å². The van der Waals surface area contributed by atoms with Crippen LogP contribution in [0.25, 0.3) is 11.1 Å². The van der Waals surface area contributed by atoms with E-state index in [1.165, 1.54) is 0 Å². The molecule has 9 nitrogen and oxygen atoms in total. The largest absolute Gasteiger partial charge is 0.480 e. The van der Waals surface area contributed by atoms with Crippen LogP contribution in [0.1, 0.15) is 44.7 Å². The molecule has 3 atom stereocenters. The number of carboxylic acids is 1. The van der Waals surface area contributed by atoms with Crippen LogP contribution >= 0.6 is 0 Å². The summed E-state index contributed by atoms with van der Waals surface area (Å²) in [7, 11) is 0. The number of aliphatic carboxylic acids is 1. The van der Waals surface area contributed by atoms with Gasteiger partial charge in [-0.3, -0.25) is 4.79 Å². The van der Waals surface area contributed by atoms with Crippen molar-refractivity contribution < 1.29 is 34.1 Å². The Balaban J connectivity index is 1.73. The Hall–Kier alpha value is -3.43. The molecule has 9 heteroatoms. The van der Waals surface area contributed by atoms with Gasteiger partial charge in [0.25, 0.3) is 0 Å². The van der Waals surface area contributed by atoms with Crippen LogP contribution in [0.3, 0.4) is 0 Å². The minimum atomic E-state index is -1.52. The molecule has 2 aromatic carbocycles. The normalized spacial score (nSPS) is 15.3. The topological polar surface area (TPSA) is 134 Å². The van der Waals surface area contributed by atoms with Gasteiger partial charge in [-0.15, -0.1) is 0 Å². The summed E-state index contributed by atoms with van der Waals surface area (Å²) in [6.07, 6.45) is -1.66. The molecule has 1 aliphatic carbocycles. The Morgan fingerprint density at radius 2 is 1.51 bits per heavy atom. The standard InChI is InChI=1S/C26H32N2O7/c1-15(35-26(2,3)4)22(23(30)27-21(13-29)24(31)32)28-25(33)34-14-20-18-11-7-5-9-16(18)17-10-6-8-12-19(17)20/h5-12,15,20-22,29H,13-14H2,1-4H3,(H,27,30)(H,28,33)(H,31,32)/t15-,21+,22+/m1/s1. The molecule has 0 aliphatic heterocycles. The van der Waals surface area contributed by atoms with Gasteiger partial charge >= 0.3 is 12.1 Å². The zero-order valence-electron chi connectivity index (χ0n) is 20.3. The van der Waals surface area contributed by atoms with Crippen LogP contribution in [-0.4, -0.2) is 65.2 Å². The first kappa shape index (κ1) is 26.2. The molecule has 0 heterocycles. The number of aliphatic hydroxyl groups excluding tert-OH is 1. The molecule has 4 N–H and O–H groups in total. The number of aliphatic hydroxyl groups is 1. The monoisotopic (exact) mass is 484 g/mol. The van der Waals surface area contributed by atoms with Crippen LogP contribution in [0.15, 0.2) is 48.5 Å². The Bertz CT molecular complexity index is 1030. The molecule has 188 valence electrons. The van der Waals surface area contributed by atoms with Crippen LogP contribution in [0.2, 0.25) is 0 Å². The highest BCUT2D eigenvalue weighted by Gasteiger charge is 2.34. The number of carbonyl (C=O) groups excluding carboxylic acids is 2. The third kappa shape index (κ3) is 6.37. The first-order chi connectivity index (χ1) is 16.5. The summed E-state index contributed by atoms with van der Waals surface area (Å²) in [6, 6.07) is 13.1. The summed E-state index contributed by atoms with van der Waals surface area (Å²) in [5.41, 5.74) is 3.64. The fraction of sp³-hybridized carbons (Fsp3) is 0.423. The Labute approximate surface area is 204 Å². The molecule has 2 amide bonds. The van der Waals surface area contributed by atoms with Gasteiger partial charge in [-0.2, -0.15) is 0 Å². The van der Waals surface area contributed by atoms with Crippen LogP contribution in [0.4, 0.5) is 4.79 Å². The molecule has 0 bridgehead atoms. The summed E-state index contributed by atoms with van der Waals surface area (Å²) in [5.74, 6) is -2.36. The van der Waals surface area contributed by atoms with Crippen molar-refractivity contribution in [2.75, 3.05) is 13.2 Å². The van der Waals surface area contributed by atoms with Crippen molar-refractivity contribution in [1.82, 2.24) is 10.6 Å². The first-order valence-corrected chi connectivity index (χ1v) is 11.4. The number of benzene rings is 2. The second-order valence-corrected chi connectivity index (χ2v) is 9.46. The van der Waals surface area contributed by atoms with E-state index in [0.717, 1.165) is 22.3 Å². The summed E-state index contributed by atoms with van der Waals surface area (Å²) < 4.78 is 11.4. The number of rotatable bonds is 9. The number of hydrogen-bond acceptors (Lipinski definition) is 6. The van der Waals surface area contributed by atoms with Gasteiger partial charge in [0.2, 0.25) is 5.91 Å². The maximum atomic E-state index is 12.8. The van der Waals surface area contributed by atoms with Gasteiger partial charge in [0, 0.05) is 5.92 Å². The summed E-state index contributed by atoms with van der Waals surface area (Å²) in [6.45, 7) is 6.22. The number of carbonyl (C=O) groups is 3. The molecular formula is C26H32N2O7. The lowest BCUT2D eigenvalue weighted by atomic mass is 9.98. The lowest BCUT2D eigenvalue weighted by Crippen LogP contribution is -2.57. The molecule has 0 unspecified atom stereocenters. The van der Waals surface area contributed by atoms with Crippen molar-refractivity contribution in [3.05, 3.63) is 59.7 Å². The minimum Gasteiger partial charge on any atom is -0.480 e. The van der Waals surface area contributed by atoms with Gasteiger partial charge in [-0.25, -0.2) is 9.59 Å².